The summed E-state index contributed by atoms with van der Waals surface area (Å²) < 4.78 is 5.53. The highest BCUT2D eigenvalue weighted by Crippen LogP contribution is 2.48. The molecule has 2 amide bonds. The van der Waals surface area contributed by atoms with Gasteiger partial charge < -0.3 is 26.6 Å². The molecule has 0 saturated carbocycles. The van der Waals surface area contributed by atoms with Gasteiger partial charge in [0.2, 0.25) is 0 Å². The summed E-state index contributed by atoms with van der Waals surface area (Å²) >= 11 is 1.48. The zero-order valence-electron chi connectivity index (χ0n) is 19.1. The van der Waals surface area contributed by atoms with E-state index < -0.39 is 6.03 Å². The number of carbonyl (C=O) groups is 1. The molecule has 1 unspecified atom stereocenters. The summed E-state index contributed by atoms with van der Waals surface area (Å²) in [5, 5.41) is 10.3. The first-order valence-corrected chi connectivity index (χ1v) is 10.8. The van der Waals surface area contributed by atoms with Gasteiger partial charge in [-0.1, -0.05) is 64.1 Å². The lowest BCUT2D eigenvalue weighted by atomic mass is 9.84. The van der Waals surface area contributed by atoms with Crippen LogP contribution in [-0.4, -0.2) is 31.9 Å². The van der Waals surface area contributed by atoms with Gasteiger partial charge in [0.1, 0.15) is 5.75 Å². The summed E-state index contributed by atoms with van der Waals surface area (Å²) in [6.45, 7) is 12.6. The average molecular weight is 426 g/mol. The highest BCUT2D eigenvalue weighted by Gasteiger charge is 2.26. The van der Waals surface area contributed by atoms with E-state index in [2.05, 4.69) is 25.2 Å². The van der Waals surface area contributed by atoms with E-state index in [9.17, 15) is 4.79 Å². The number of rotatable bonds is 5. The Hall–Kier alpha value is -1.96. The molecule has 0 bridgehead atoms. The molecule has 166 valence electrons. The number of benzene rings is 1. The molecule has 1 aliphatic carbocycles. The van der Waals surface area contributed by atoms with Crippen molar-refractivity contribution in [2.75, 3.05) is 20.8 Å². The van der Waals surface area contributed by atoms with E-state index in [0.717, 1.165) is 29.7 Å². The fourth-order valence-electron chi connectivity index (χ4n) is 2.91. The van der Waals surface area contributed by atoms with Crippen molar-refractivity contribution in [2.24, 2.45) is 11.5 Å². The maximum absolute atomic E-state index is 11.2. The molecule has 6 N–H and O–H groups in total. The molecule has 0 fully saturated rings. The van der Waals surface area contributed by atoms with Gasteiger partial charge in [0.15, 0.2) is 0 Å². The van der Waals surface area contributed by atoms with E-state index in [1.165, 1.54) is 22.9 Å². The molecule has 6 nitrogen and oxygen atoms in total. The monoisotopic (exact) mass is 425 g/mol. The number of ether oxygens (including phenoxy) is 1. The molecule has 1 aromatic rings. The molecular weight excluding hydrogens is 386 g/mol. The molecule has 29 heavy (non-hydrogen) atoms. The third-order valence-corrected chi connectivity index (χ3v) is 5.05. The second-order valence-corrected chi connectivity index (χ2v) is 6.58. The van der Waals surface area contributed by atoms with E-state index in [-0.39, 0.29) is 0 Å². The smallest absolute Gasteiger partial charge is 0.317 e. The summed E-state index contributed by atoms with van der Waals surface area (Å²) in [5.74, 6) is 1.28. The number of allylic oxidation sites excluding steroid dienone is 1. The summed E-state index contributed by atoms with van der Waals surface area (Å²) in [7, 11) is 2.69. The van der Waals surface area contributed by atoms with Crippen LogP contribution in [0.2, 0.25) is 0 Å². The minimum absolute atomic E-state index is 0.330. The number of amides is 2. The Bertz CT molecular complexity index is 673. The molecule has 0 spiro atoms. The van der Waals surface area contributed by atoms with Crippen molar-refractivity contribution < 1.29 is 14.6 Å². The predicted molar refractivity (Wildman–Crippen MR) is 127 cm³/mol. The molecule has 1 atom stereocenters. The van der Waals surface area contributed by atoms with E-state index in [1.807, 2.05) is 39.8 Å². The lowest BCUT2D eigenvalue weighted by molar-refractivity contribution is 0.251. The normalized spacial score (nSPS) is 14.7. The van der Waals surface area contributed by atoms with Crippen LogP contribution in [0.4, 0.5) is 4.79 Å². The van der Waals surface area contributed by atoms with Gasteiger partial charge in [-0.2, -0.15) is 0 Å². The second kappa shape index (κ2) is 16.9. The number of hydrogen-bond donors (Lipinski definition) is 4. The molecule has 0 aliphatic heterocycles. The largest absolute Gasteiger partial charge is 0.496 e. The molecule has 0 heterocycles. The first kappa shape index (κ1) is 29.2. The maximum atomic E-state index is 11.2. The quantitative estimate of drug-likeness (QED) is 0.542. The first-order chi connectivity index (χ1) is 14.0. The van der Waals surface area contributed by atoms with E-state index in [4.69, 9.17) is 21.3 Å². The number of urea groups is 1. The van der Waals surface area contributed by atoms with Crippen molar-refractivity contribution >= 4 is 22.7 Å². The Labute approximate surface area is 180 Å². The van der Waals surface area contributed by atoms with Gasteiger partial charge in [0.25, 0.3) is 0 Å². The third kappa shape index (κ3) is 8.94. The highest BCUT2D eigenvalue weighted by atomic mass is 32.2. The number of methoxy groups -OCH3 is 1. The van der Waals surface area contributed by atoms with Crippen molar-refractivity contribution in [3.05, 3.63) is 46.0 Å². The lowest BCUT2D eigenvalue weighted by Gasteiger charge is -2.28. The van der Waals surface area contributed by atoms with Crippen LogP contribution in [0.1, 0.15) is 65.0 Å². The van der Waals surface area contributed by atoms with Gasteiger partial charge in [-0.15, -0.1) is 0 Å². The van der Waals surface area contributed by atoms with Gasteiger partial charge in [-0.05, 0) is 37.0 Å². The van der Waals surface area contributed by atoms with Crippen LogP contribution in [0.3, 0.4) is 0 Å². The fraction of sp³-hybridized carbons (Fsp3) is 0.500. The number of primary amides is 1. The van der Waals surface area contributed by atoms with Crippen LogP contribution < -0.4 is 21.5 Å². The summed E-state index contributed by atoms with van der Waals surface area (Å²) in [6, 6.07) is 5.46. The number of hydrogen-bond acceptors (Lipinski definition) is 5. The van der Waals surface area contributed by atoms with Gasteiger partial charge in [-0.3, -0.25) is 0 Å². The number of thioether (sulfide) groups is 1. The average Bonchev–Trinajstić information content (AvgIpc) is 2.74. The molecule has 2 rings (SSSR count). The standard InChI is InChI=1S/C17H23N3O2S.2C2H6.CH4O/c1-10-9-11(2)16(23-14(7-8-18)20-17(19)21)12-5-4-6-13(22-3)15(10)12;3*1-2/h4-7,10H,8-9,18H2,1-3H3,(H3,19,20,21);2*1-2H3;2H,1H3/b14-7+;;;. The number of carbonyl (C=O) groups excluding carboxylic acids is 1. The molecule has 1 aromatic carbocycles. The van der Waals surface area contributed by atoms with Crippen LogP contribution >= 0.6 is 11.8 Å². The Morgan fingerprint density at radius 1 is 1.31 bits per heavy atom. The zero-order valence-corrected chi connectivity index (χ0v) is 19.9. The Balaban J connectivity index is 0. The van der Waals surface area contributed by atoms with E-state index in [1.54, 1.807) is 13.2 Å². The number of aliphatic hydroxyl groups excluding tert-OH is 1. The molecule has 0 aromatic heterocycles. The lowest BCUT2D eigenvalue weighted by Crippen LogP contribution is -2.28. The fourth-order valence-corrected chi connectivity index (χ4v) is 4.01. The van der Waals surface area contributed by atoms with E-state index in [0.29, 0.717) is 17.5 Å². The number of nitrogens with two attached hydrogens (primary N) is 2. The van der Waals surface area contributed by atoms with Crippen LogP contribution in [0.15, 0.2) is 34.9 Å². The van der Waals surface area contributed by atoms with Crippen molar-refractivity contribution in [1.82, 2.24) is 5.32 Å². The molecule has 7 heteroatoms. The third-order valence-electron chi connectivity index (χ3n) is 3.79. The molecule has 0 radical (unpaired) electrons. The summed E-state index contributed by atoms with van der Waals surface area (Å²) in [4.78, 5) is 12.3. The topological polar surface area (TPSA) is 111 Å². The van der Waals surface area contributed by atoms with Crippen LogP contribution in [0, 0.1) is 0 Å². The number of fused-ring (bicyclic) bond motifs is 1. The SMILES string of the molecule is CC.CC.CO.COc1cccc2c1C(C)CC(C)=C2S/C(=C/CN)NC(N)=O. The van der Waals surface area contributed by atoms with Crippen molar-refractivity contribution in [1.29, 1.82) is 0 Å². The second-order valence-electron chi connectivity index (χ2n) is 5.53. The van der Waals surface area contributed by atoms with Gasteiger partial charge in [-0.25, -0.2) is 4.79 Å². The van der Waals surface area contributed by atoms with Crippen molar-refractivity contribution in [2.45, 2.75) is 53.9 Å². The Kier molecular flexibility index (Phi) is 17.1. The van der Waals surface area contributed by atoms with Gasteiger partial charge in [0, 0.05) is 24.1 Å². The molecule has 1 aliphatic rings. The first-order valence-electron chi connectivity index (χ1n) is 9.94. The zero-order chi connectivity index (χ0) is 23.0. The number of aliphatic hydroxyl groups is 1. The predicted octanol–water partition coefficient (Wildman–Crippen LogP) is 4.80. The number of nitrogens with one attached hydrogen (secondary N) is 1. The van der Waals surface area contributed by atoms with Crippen LogP contribution in [0.25, 0.3) is 4.91 Å². The molecule has 0 saturated heterocycles. The van der Waals surface area contributed by atoms with Crippen LogP contribution in [-0.2, 0) is 0 Å². The maximum Gasteiger partial charge on any atom is 0.317 e. The summed E-state index contributed by atoms with van der Waals surface area (Å²) in [5.41, 5.74) is 14.5. The Morgan fingerprint density at radius 2 is 1.90 bits per heavy atom. The molecular formula is C22H39N3O3S. The van der Waals surface area contributed by atoms with E-state index >= 15 is 0 Å². The highest BCUT2D eigenvalue weighted by molar-refractivity contribution is 8.11. The van der Waals surface area contributed by atoms with Crippen LogP contribution in [0.5, 0.6) is 5.75 Å². The van der Waals surface area contributed by atoms with Crippen molar-refractivity contribution in [3.8, 4) is 5.75 Å². The minimum atomic E-state index is -0.592. The minimum Gasteiger partial charge on any atom is -0.496 e. The Morgan fingerprint density at radius 3 is 2.38 bits per heavy atom. The van der Waals surface area contributed by atoms with Gasteiger partial charge in [0.05, 0.1) is 12.1 Å². The van der Waals surface area contributed by atoms with Gasteiger partial charge >= 0.3 is 6.03 Å². The summed E-state index contributed by atoms with van der Waals surface area (Å²) in [6.07, 6.45) is 2.70. The van der Waals surface area contributed by atoms with Crippen molar-refractivity contribution in [3.63, 3.8) is 0 Å².